The van der Waals surface area contributed by atoms with Gasteiger partial charge in [-0.2, -0.15) is 0 Å². The van der Waals surface area contributed by atoms with E-state index in [1.54, 1.807) is 0 Å². The fourth-order valence-electron chi connectivity index (χ4n) is 1.19. The van der Waals surface area contributed by atoms with E-state index in [1.807, 2.05) is 0 Å². The second-order valence-electron chi connectivity index (χ2n) is 3.15. The van der Waals surface area contributed by atoms with Gasteiger partial charge in [0.1, 0.15) is 0 Å². The Morgan fingerprint density at radius 3 is 2.44 bits per heavy atom. The van der Waals surface area contributed by atoms with E-state index in [4.69, 9.17) is 4.74 Å². The largest absolute Gasteiger partial charge is 0.364 e. The summed E-state index contributed by atoms with van der Waals surface area (Å²) < 4.78 is 5.29. The van der Waals surface area contributed by atoms with Gasteiger partial charge in [0.2, 0.25) is 0 Å². The van der Waals surface area contributed by atoms with Crippen LogP contribution in [0.1, 0.15) is 20.8 Å². The van der Waals surface area contributed by atoms with E-state index >= 15 is 0 Å². The average Bonchev–Trinajstić information content (AvgIpc) is 2.08. The number of rotatable bonds is 1. The van der Waals surface area contributed by atoms with Crippen molar-refractivity contribution in [2.75, 3.05) is 19.9 Å². The molecule has 0 aromatic heterocycles. The van der Waals surface area contributed by atoms with Gasteiger partial charge >= 0.3 is 0 Å². The number of hydrogen-bond acceptors (Lipinski definition) is 2. The Balaban J connectivity index is 2.52. The molecule has 2 heteroatoms. The van der Waals surface area contributed by atoms with Crippen LogP contribution in [0.5, 0.6) is 0 Å². The van der Waals surface area contributed by atoms with E-state index < -0.39 is 0 Å². The van der Waals surface area contributed by atoms with Crippen LogP contribution in [0.2, 0.25) is 0 Å². The zero-order valence-electron chi connectivity index (χ0n) is 6.48. The first kappa shape index (κ1) is 7.03. The van der Waals surface area contributed by atoms with Gasteiger partial charge in [-0.1, -0.05) is 6.92 Å². The van der Waals surface area contributed by atoms with Crippen LogP contribution in [-0.2, 0) is 4.74 Å². The van der Waals surface area contributed by atoms with Crippen molar-refractivity contribution in [1.82, 2.24) is 4.90 Å². The van der Waals surface area contributed by atoms with Gasteiger partial charge in [0.05, 0.1) is 13.3 Å². The third-order valence-corrected chi connectivity index (χ3v) is 1.94. The molecule has 0 saturated carbocycles. The fraction of sp³-hybridized carbons (Fsp3) is 1.00. The first-order valence-electron chi connectivity index (χ1n) is 3.49. The minimum absolute atomic E-state index is 0.273. The molecule has 2 nitrogen and oxygen atoms in total. The second-order valence-corrected chi connectivity index (χ2v) is 3.15. The van der Waals surface area contributed by atoms with Gasteiger partial charge in [-0.15, -0.1) is 0 Å². The van der Waals surface area contributed by atoms with Crippen LogP contribution in [-0.4, -0.2) is 30.3 Å². The summed E-state index contributed by atoms with van der Waals surface area (Å²) in [5, 5.41) is 0. The summed E-state index contributed by atoms with van der Waals surface area (Å²) in [6, 6.07) is 0. The molecule has 0 N–H and O–H groups in total. The van der Waals surface area contributed by atoms with Crippen LogP contribution in [0.3, 0.4) is 0 Å². The van der Waals surface area contributed by atoms with Crippen molar-refractivity contribution >= 4 is 0 Å². The zero-order valence-corrected chi connectivity index (χ0v) is 6.48. The highest BCUT2D eigenvalue weighted by Crippen LogP contribution is 2.19. The Morgan fingerprint density at radius 1 is 1.56 bits per heavy atom. The number of likely N-dealkylation sites (N-methyl/N-ethyl adjacent to an activating group) is 1. The summed E-state index contributed by atoms with van der Waals surface area (Å²) in [4.78, 5) is 2.33. The molecule has 1 saturated heterocycles. The fourth-order valence-corrected chi connectivity index (χ4v) is 1.19. The summed E-state index contributed by atoms with van der Waals surface area (Å²) >= 11 is 0. The van der Waals surface area contributed by atoms with Gasteiger partial charge in [-0.25, -0.2) is 0 Å². The predicted molar refractivity (Wildman–Crippen MR) is 37.3 cm³/mol. The standard InChI is InChI=1S/C7H15NO/c1-4-8-6-9-5-7(8,2)3/h4-6H2,1-3H3. The van der Waals surface area contributed by atoms with Gasteiger partial charge in [0.25, 0.3) is 0 Å². The molecule has 0 bridgehead atoms. The van der Waals surface area contributed by atoms with E-state index in [-0.39, 0.29) is 5.54 Å². The first-order valence-corrected chi connectivity index (χ1v) is 3.49. The molecule has 1 fully saturated rings. The van der Waals surface area contributed by atoms with E-state index in [1.165, 1.54) is 0 Å². The van der Waals surface area contributed by atoms with Crippen molar-refractivity contribution < 1.29 is 4.74 Å². The summed E-state index contributed by atoms with van der Waals surface area (Å²) in [7, 11) is 0. The summed E-state index contributed by atoms with van der Waals surface area (Å²) in [6.45, 7) is 9.36. The van der Waals surface area contributed by atoms with Gasteiger partial charge in [0, 0.05) is 5.54 Å². The first-order chi connectivity index (χ1) is 4.17. The lowest BCUT2D eigenvalue weighted by Crippen LogP contribution is -2.39. The highest BCUT2D eigenvalue weighted by molar-refractivity contribution is 4.82. The van der Waals surface area contributed by atoms with Crippen molar-refractivity contribution in [1.29, 1.82) is 0 Å². The van der Waals surface area contributed by atoms with Crippen LogP contribution in [0.4, 0.5) is 0 Å². The van der Waals surface area contributed by atoms with Gasteiger partial charge in [0.15, 0.2) is 0 Å². The van der Waals surface area contributed by atoms with Crippen molar-refractivity contribution in [3.05, 3.63) is 0 Å². The van der Waals surface area contributed by atoms with E-state index in [2.05, 4.69) is 25.7 Å². The van der Waals surface area contributed by atoms with Crippen LogP contribution < -0.4 is 0 Å². The van der Waals surface area contributed by atoms with Crippen LogP contribution in [0, 0.1) is 0 Å². The monoisotopic (exact) mass is 129 g/mol. The summed E-state index contributed by atoms with van der Waals surface area (Å²) in [5.41, 5.74) is 0.273. The number of hydrogen-bond donors (Lipinski definition) is 0. The molecule has 0 amide bonds. The zero-order chi connectivity index (χ0) is 6.91. The van der Waals surface area contributed by atoms with Gasteiger partial charge in [-0.3, -0.25) is 4.90 Å². The number of nitrogens with zero attached hydrogens (tertiary/aromatic N) is 1. The Labute approximate surface area is 56.8 Å². The molecule has 9 heavy (non-hydrogen) atoms. The Morgan fingerprint density at radius 2 is 2.22 bits per heavy atom. The van der Waals surface area contributed by atoms with Crippen LogP contribution in [0.25, 0.3) is 0 Å². The molecule has 1 aliphatic rings. The molecule has 0 unspecified atom stereocenters. The molecule has 1 heterocycles. The molecule has 0 radical (unpaired) electrons. The minimum Gasteiger partial charge on any atom is -0.364 e. The van der Waals surface area contributed by atoms with Crippen molar-refractivity contribution in [3.63, 3.8) is 0 Å². The molecule has 1 rings (SSSR count). The smallest absolute Gasteiger partial charge is 0.0996 e. The maximum atomic E-state index is 5.29. The third-order valence-electron chi connectivity index (χ3n) is 1.94. The topological polar surface area (TPSA) is 12.5 Å². The van der Waals surface area contributed by atoms with Gasteiger partial charge < -0.3 is 4.74 Å². The van der Waals surface area contributed by atoms with Crippen molar-refractivity contribution in [2.45, 2.75) is 26.3 Å². The molecule has 54 valence electrons. The predicted octanol–water partition coefficient (Wildman–Crippen LogP) is 1.07. The third kappa shape index (κ3) is 1.25. The SMILES string of the molecule is CCN1COCC1(C)C. The lowest BCUT2D eigenvalue weighted by atomic mass is 10.1. The Hall–Kier alpha value is -0.0800. The summed E-state index contributed by atoms with van der Waals surface area (Å²) in [5.74, 6) is 0. The van der Waals surface area contributed by atoms with Gasteiger partial charge in [-0.05, 0) is 20.4 Å². The lowest BCUT2D eigenvalue weighted by molar-refractivity contribution is 0.137. The highest BCUT2D eigenvalue weighted by Gasteiger charge is 2.31. The molecular formula is C7H15NO. The second kappa shape index (κ2) is 2.27. The lowest BCUT2D eigenvalue weighted by Gasteiger charge is -2.27. The highest BCUT2D eigenvalue weighted by atomic mass is 16.5. The van der Waals surface area contributed by atoms with E-state index in [0.29, 0.717) is 0 Å². The van der Waals surface area contributed by atoms with E-state index in [9.17, 15) is 0 Å². The molecule has 0 aromatic carbocycles. The maximum absolute atomic E-state index is 5.29. The van der Waals surface area contributed by atoms with Crippen molar-refractivity contribution in [2.24, 2.45) is 0 Å². The summed E-state index contributed by atoms with van der Waals surface area (Å²) in [6.07, 6.45) is 0. The van der Waals surface area contributed by atoms with Crippen LogP contribution in [0.15, 0.2) is 0 Å². The minimum atomic E-state index is 0.273. The van der Waals surface area contributed by atoms with Crippen LogP contribution >= 0.6 is 0 Å². The van der Waals surface area contributed by atoms with E-state index in [0.717, 1.165) is 19.9 Å². The Kier molecular flexibility index (Phi) is 1.78. The molecule has 0 spiro atoms. The normalized spacial score (nSPS) is 27.0. The maximum Gasteiger partial charge on any atom is 0.0996 e. The molecular weight excluding hydrogens is 114 g/mol. The number of ether oxygens (including phenoxy) is 1. The molecule has 1 aliphatic heterocycles. The Bertz CT molecular complexity index is 101. The molecule has 0 aromatic rings. The molecule has 0 aliphatic carbocycles. The van der Waals surface area contributed by atoms with Crippen molar-refractivity contribution in [3.8, 4) is 0 Å². The average molecular weight is 129 g/mol. The molecule has 0 atom stereocenters. The quantitative estimate of drug-likeness (QED) is 0.525.